The first kappa shape index (κ1) is 18.2. The Kier molecular flexibility index (Phi) is 4.86. The zero-order valence-corrected chi connectivity index (χ0v) is 16.1. The molecule has 0 N–H and O–H groups in total. The third-order valence-electron chi connectivity index (χ3n) is 5.30. The van der Waals surface area contributed by atoms with E-state index in [-0.39, 0.29) is 24.3 Å². The SMILES string of the molecule is CC(=O)c1cccc(OCC(=O)N2CCC[C@@H]2c2nc3ccccc3n2C)c1. The van der Waals surface area contributed by atoms with Crippen molar-refractivity contribution in [2.24, 2.45) is 7.05 Å². The van der Waals surface area contributed by atoms with Crippen LogP contribution >= 0.6 is 0 Å². The standard InChI is InChI=1S/C22H23N3O3/c1-15(26)16-7-5-8-17(13-16)28-14-21(27)25-12-6-11-20(25)22-23-18-9-3-4-10-19(18)24(22)2/h3-5,7-10,13,20H,6,11-12,14H2,1-2H3/t20-/m1/s1. The van der Waals surface area contributed by atoms with Crippen molar-refractivity contribution in [3.63, 3.8) is 0 Å². The van der Waals surface area contributed by atoms with Gasteiger partial charge in [-0.15, -0.1) is 0 Å². The van der Waals surface area contributed by atoms with E-state index in [1.807, 2.05) is 36.2 Å². The predicted octanol–water partition coefficient (Wildman–Crippen LogP) is 3.52. The molecule has 0 radical (unpaired) electrons. The molecule has 1 atom stereocenters. The third-order valence-corrected chi connectivity index (χ3v) is 5.30. The maximum atomic E-state index is 12.8. The van der Waals surface area contributed by atoms with Crippen molar-refractivity contribution < 1.29 is 14.3 Å². The Morgan fingerprint density at radius 1 is 1.18 bits per heavy atom. The van der Waals surface area contributed by atoms with Gasteiger partial charge in [0.2, 0.25) is 0 Å². The van der Waals surface area contributed by atoms with Crippen LogP contribution in [0.15, 0.2) is 48.5 Å². The van der Waals surface area contributed by atoms with Crippen molar-refractivity contribution in [2.75, 3.05) is 13.2 Å². The molecule has 3 aromatic rings. The number of ketones is 1. The van der Waals surface area contributed by atoms with Crippen LogP contribution < -0.4 is 4.74 Å². The highest BCUT2D eigenvalue weighted by molar-refractivity contribution is 5.94. The zero-order valence-electron chi connectivity index (χ0n) is 16.1. The van der Waals surface area contributed by atoms with Gasteiger partial charge in [0.15, 0.2) is 12.4 Å². The lowest BCUT2D eigenvalue weighted by molar-refractivity contribution is -0.134. The van der Waals surface area contributed by atoms with E-state index in [1.54, 1.807) is 24.3 Å². The molecule has 0 spiro atoms. The molecular weight excluding hydrogens is 354 g/mol. The van der Waals surface area contributed by atoms with Gasteiger partial charge in [-0.05, 0) is 44.0 Å². The molecule has 1 fully saturated rings. The van der Waals surface area contributed by atoms with Crippen LogP contribution in [-0.2, 0) is 11.8 Å². The lowest BCUT2D eigenvalue weighted by Crippen LogP contribution is -2.35. The summed E-state index contributed by atoms with van der Waals surface area (Å²) in [6.45, 7) is 2.15. The molecule has 1 amide bonds. The number of nitrogens with zero attached hydrogens (tertiary/aromatic N) is 3. The van der Waals surface area contributed by atoms with Crippen LogP contribution in [0, 0.1) is 0 Å². The van der Waals surface area contributed by atoms with Gasteiger partial charge in [0.05, 0.1) is 17.1 Å². The topological polar surface area (TPSA) is 64.4 Å². The number of aromatic nitrogens is 2. The number of rotatable bonds is 5. The quantitative estimate of drug-likeness (QED) is 0.638. The summed E-state index contributed by atoms with van der Waals surface area (Å²) in [4.78, 5) is 31.0. The van der Waals surface area contributed by atoms with Gasteiger partial charge in [-0.25, -0.2) is 4.98 Å². The Balaban J connectivity index is 1.50. The number of imidazole rings is 1. The second kappa shape index (κ2) is 7.46. The maximum Gasteiger partial charge on any atom is 0.261 e. The van der Waals surface area contributed by atoms with Gasteiger partial charge in [-0.3, -0.25) is 9.59 Å². The first-order valence-corrected chi connectivity index (χ1v) is 9.49. The smallest absolute Gasteiger partial charge is 0.261 e. The minimum Gasteiger partial charge on any atom is -0.484 e. The first-order valence-electron chi connectivity index (χ1n) is 9.49. The fourth-order valence-electron chi connectivity index (χ4n) is 3.83. The summed E-state index contributed by atoms with van der Waals surface area (Å²) in [5.74, 6) is 1.34. The van der Waals surface area contributed by atoms with Crippen LogP contribution in [0.25, 0.3) is 11.0 Å². The Hall–Kier alpha value is -3.15. The van der Waals surface area contributed by atoms with E-state index >= 15 is 0 Å². The summed E-state index contributed by atoms with van der Waals surface area (Å²) < 4.78 is 7.75. The van der Waals surface area contributed by atoms with Crippen LogP contribution in [-0.4, -0.2) is 39.3 Å². The number of hydrogen-bond donors (Lipinski definition) is 0. The van der Waals surface area contributed by atoms with Gasteiger partial charge in [-0.1, -0.05) is 24.3 Å². The van der Waals surface area contributed by atoms with Crippen LogP contribution in [0.2, 0.25) is 0 Å². The van der Waals surface area contributed by atoms with Gasteiger partial charge >= 0.3 is 0 Å². The molecule has 4 rings (SSSR count). The van der Waals surface area contributed by atoms with Gasteiger partial charge in [0.1, 0.15) is 11.6 Å². The van der Waals surface area contributed by atoms with E-state index in [0.29, 0.717) is 17.9 Å². The highest BCUT2D eigenvalue weighted by Gasteiger charge is 2.33. The lowest BCUT2D eigenvalue weighted by atomic mass is 10.1. The minimum absolute atomic E-state index is 0.0294. The number of Topliss-reactive ketones (excluding diaryl/α,β-unsaturated/α-hetero) is 1. The summed E-state index contributed by atoms with van der Waals surface area (Å²) in [6.07, 6.45) is 1.84. The average molecular weight is 377 g/mol. The number of ether oxygens (including phenoxy) is 1. The highest BCUT2D eigenvalue weighted by atomic mass is 16.5. The molecule has 1 aromatic heterocycles. The maximum absolute atomic E-state index is 12.8. The van der Waals surface area contributed by atoms with Crippen LogP contribution in [0.3, 0.4) is 0 Å². The molecule has 6 nitrogen and oxygen atoms in total. The molecule has 28 heavy (non-hydrogen) atoms. The fraction of sp³-hybridized carbons (Fsp3) is 0.318. The van der Waals surface area contributed by atoms with Gasteiger partial charge < -0.3 is 14.2 Å². The van der Waals surface area contributed by atoms with Crippen LogP contribution in [0.5, 0.6) is 5.75 Å². The molecule has 2 heterocycles. The van der Waals surface area contributed by atoms with E-state index in [2.05, 4.69) is 4.57 Å². The second-order valence-corrected chi connectivity index (χ2v) is 7.14. The minimum atomic E-state index is -0.0669. The molecular formula is C22H23N3O3. The molecule has 0 bridgehead atoms. The van der Waals surface area contributed by atoms with Crippen molar-refractivity contribution in [3.8, 4) is 5.75 Å². The van der Waals surface area contributed by atoms with Crippen LogP contribution in [0.1, 0.15) is 42.0 Å². The molecule has 6 heteroatoms. The average Bonchev–Trinajstić information content (AvgIpc) is 3.31. The number of hydrogen-bond acceptors (Lipinski definition) is 4. The Labute approximate surface area is 163 Å². The number of para-hydroxylation sites is 2. The first-order chi connectivity index (χ1) is 13.5. The summed E-state index contributed by atoms with van der Waals surface area (Å²) >= 11 is 0. The summed E-state index contributed by atoms with van der Waals surface area (Å²) in [6, 6.07) is 14.9. The largest absolute Gasteiger partial charge is 0.484 e. The Morgan fingerprint density at radius 2 is 2.00 bits per heavy atom. The summed E-state index contributed by atoms with van der Waals surface area (Å²) in [5.41, 5.74) is 2.58. The monoisotopic (exact) mass is 377 g/mol. The predicted molar refractivity (Wildman–Crippen MR) is 106 cm³/mol. The second-order valence-electron chi connectivity index (χ2n) is 7.14. The summed E-state index contributed by atoms with van der Waals surface area (Å²) in [7, 11) is 2.00. The van der Waals surface area contributed by atoms with E-state index in [9.17, 15) is 9.59 Å². The molecule has 144 valence electrons. The van der Waals surface area contributed by atoms with Gasteiger partial charge in [-0.2, -0.15) is 0 Å². The lowest BCUT2D eigenvalue weighted by Gasteiger charge is -2.24. The van der Waals surface area contributed by atoms with Crippen molar-refractivity contribution in [1.82, 2.24) is 14.5 Å². The number of fused-ring (bicyclic) bond motifs is 1. The molecule has 0 saturated carbocycles. The fourth-order valence-corrected chi connectivity index (χ4v) is 3.83. The van der Waals surface area contributed by atoms with Crippen molar-refractivity contribution in [1.29, 1.82) is 0 Å². The highest BCUT2D eigenvalue weighted by Crippen LogP contribution is 2.33. The number of carbonyl (C=O) groups excluding carboxylic acids is 2. The molecule has 2 aromatic carbocycles. The number of amides is 1. The van der Waals surface area contributed by atoms with Gasteiger partial charge in [0, 0.05) is 19.2 Å². The molecule has 1 saturated heterocycles. The molecule has 1 aliphatic rings. The van der Waals surface area contributed by atoms with Crippen molar-refractivity contribution >= 4 is 22.7 Å². The van der Waals surface area contributed by atoms with Crippen molar-refractivity contribution in [2.45, 2.75) is 25.8 Å². The Bertz CT molecular complexity index is 1040. The number of aryl methyl sites for hydroxylation is 1. The Morgan fingerprint density at radius 3 is 2.79 bits per heavy atom. The van der Waals surface area contributed by atoms with E-state index in [4.69, 9.17) is 9.72 Å². The normalized spacial score (nSPS) is 16.5. The van der Waals surface area contributed by atoms with E-state index in [0.717, 1.165) is 29.7 Å². The molecule has 0 aliphatic carbocycles. The molecule has 1 aliphatic heterocycles. The molecule has 0 unspecified atom stereocenters. The third kappa shape index (κ3) is 3.38. The number of likely N-dealkylation sites (tertiary alicyclic amines) is 1. The number of benzene rings is 2. The van der Waals surface area contributed by atoms with E-state index < -0.39 is 0 Å². The number of carbonyl (C=O) groups is 2. The zero-order chi connectivity index (χ0) is 19.7. The van der Waals surface area contributed by atoms with Crippen LogP contribution in [0.4, 0.5) is 0 Å². The van der Waals surface area contributed by atoms with Gasteiger partial charge in [0.25, 0.3) is 5.91 Å². The van der Waals surface area contributed by atoms with E-state index in [1.165, 1.54) is 6.92 Å². The summed E-state index contributed by atoms with van der Waals surface area (Å²) in [5, 5.41) is 0. The van der Waals surface area contributed by atoms with Crippen molar-refractivity contribution in [3.05, 3.63) is 59.9 Å².